The third-order valence-electron chi connectivity index (χ3n) is 6.31. The fraction of sp³-hybridized carbons (Fsp3) is 0.276. The smallest absolute Gasteiger partial charge is 0.248 e. The molecule has 1 fully saturated rings. The maximum atomic E-state index is 12.8. The minimum atomic E-state index is -3.59. The van der Waals surface area contributed by atoms with Crippen LogP contribution in [0.5, 0.6) is 0 Å². The second-order valence-electron chi connectivity index (χ2n) is 9.24. The lowest BCUT2D eigenvalue weighted by Crippen LogP contribution is -2.38. The lowest BCUT2D eigenvalue weighted by atomic mass is 10.1. The first-order chi connectivity index (χ1) is 18.9. The minimum Gasteiger partial charge on any atom is -0.397 e. The molecule has 0 spiro atoms. The van der Waals surface area contributed by atoms with Crippen LogP contribution in [0.3, 0.4) is 0 Å². The molecular weight excluding hydrogens is 514 g/mol. The third-order valence-corrected chi connectivity index (χ3v) is 7.77. The summed E-state index contributed by atoms with van der Waals surface area (Å²) < 4.78 is 33.6. The summed E-state index contributed by atoms with van der Waals surface area (Å²) in [5.41, 5.74) is 9.55. The number of sulfonamides is 1. The predicted molar refractivity (Wildman–Crippen MR) is 156 cm³/mol. The number of morpholine rings is 1. The Kier molecular flexibility index (Phi) is 10.1. The molecule has 3 aromatic rings. The van der Waals surface area contributed by atoms with Gasteiger partial charge in [-0.1, -0.05) is 42.5 Å². The average molecular weight is 550 g/mol. The summed E-state index contributed by atoms with van der Waals surface area (Å²) in [4.78, 5) is 14.7. The van der Waals surface area contributed by atoms with Crippen LogP contribution < -0.4 is 21.1 Å². The van der Waals surface area contributed by atoms with Crippen molar-refractivity contribution in [3.05, 3.63) is 90.0 Å². The van der Waals surface area contributed by atoms with E-state index in [1.54, 1.807) is 36.4 Å². The zero-order valence-corrected chi connectivity index (χ0v) is 22.6. The highest BCUT2D eigenvalue weighted by atomic mass is 32.2. The molecule has 0 atom stereocenters. The highest BCUT2D eigenvalue weighted by Gasteiger charge is 2.15. The van der Waals surface area contributed by atoms with Gasteiger partial charge in [0.2, 0.25) is 15.9 Å². The Hall–Kier alpha value is -3.70. The number of hydrogen-bond acceptors (Lipinski definition) is 7. The summed E-state index contributed by atoms with van der Waals surface area (Å²) in [6.45, 7) is 5.00. The van der Waals surface area contributed by atoms with Crippen molar-refractivity contribution < 1.29 is 17.9 Å². The van der Waals surface area contributed by atoms with Crippen molar-refractivity contribution in [2.75, 3.05) is 55.8 Å². The van der Waals surface area contributed by atoms with Crippen molar-refractivity contribution in [2.45, 2.75) is 17.9 Å². The van der Waals surface area contributed by atoms with E-state index >= 15 is 0 Å². The topological polar surface area (TPSA) is 126 Å². The van der Waals surface area contributed by atoms with Crippen molar-refractivity contribution in [2.24, 2.45) is 0 Å². The minimum absolute atomic E-state index is 0.231. The van der Waals surface area contributed by atoms with E-state index in [-0.39, 0.29) is 10.8 Å². The molecule has 0 aromatic heterocycles. The fourth-order valence-electron chi connectivity index (χ4n) is 4.10. The van der Waals surface area contributed by atoms with Crippen LogP contribution >= 0.6 is 0 Å². The van der Waals surface area contributed by atoms with Crippen molar-refractivity contribution in [3.8, 4) is 0 Å². The fourth-order valence-corrected chi connectivity index (χ4v) is 5.22. The van der Waals surface area contributed by atoms with Gasteiger partial charge >= 0.3 is 0 Å². The highest BCUT2D eigenvalue weighted by Crippen LogP contribution is 2.18. The van der Waals surface area contributed by atoms with Crippen molar-refractivity contribution in [3.63, 3.8) is 0 Å². The van der Waals surface area contributed by atoms with Gasteiger partial charge in [-0.3, -0.25) is 9.69 Å². The Bertz CT molecular complexity index is 1370. The molecule has 9 nitrogen and oxygen atoms in total. The number of nitrogens with one attached hydrogen (secondary N) is 3. The Morgan fingerprint density at radius 3 is 2.54 bits per heavy atom. The van der Waals surface area contributed by atoms with Gasteiger partial charge in [0.05, 0.1) is 29.5 Å². The van der Waals surface area contributed by atoms with E-state index in [1.807, 2.05) is 42.5 Å². The maximum absolute atomic E-state index is 12.8. The number of nitrogen functional groups attached to an aromatic ring is 1. The summed E-state index contributed by atoms with van der Waals surface area (Å²) in [5.74, 6) is -0.264. The van der Waals surface area contributed by atoms with E-state index in [0.29, 0.717) is 30.2 Å². The number of anilines is 3. The number of nitrogens with two attached hydrogens (primary N) is 1. The summed E-state index contributed by atoms with van der Waals surface area (Å²) in [6.07, 6.45) is 3.94. The Morgan fingerprint density at radius 2 is 1.77 bits per heavy atom. The van der Waals surface area contributed by atoms with Crippen molar-refractivity contribution in [1.82, 2.24) is 9.62 Å². The van der Waals surface area contributed by atoms with Crippen LogP contribution in [0.4, 0.5) is 17.1 Å². The van der Waals surface area contributed by atoms with E-state index < -0.39 is 10.0 Å². The molecule has 5 N–H and O–H groups in total. The molecule has 1 amide bonds. The molecule has 3 aromatic carbocycles. The maximum Gasteiger partial charge on any atom is 0.248 e. The number of rotatable bonds is 12. The van der Waals surface area contributed by atoms with Crippen LogP contribution in [0.15, 0.2) is 83.8 Å². The van der Waals surface area contributed by atoms with Crippen molar-refractivity contribution >= 4 is 39.1 Å². The standard InChI is InChI=1S/C29H35N5O4S/c30-27-7-1-2-8-28(27)33-29(35)14-13-23-9-11-24(12-10-23)22-31-25-5-3-6-26(21-25)39(36,37)32-15-4-16-34-17-19-38-20-18-34/h1-3,5-14,21,31-32H,4,15-20,22,30H2,(H,33,35)/b14-13+. The van der Waals surface area contributed by atoms with Gasteiger partial charge in [-0.2, -0.15) is 0 Å². The molecule has 206 valence electrons. The molecule has 0 radical (unpaired) electrons. The van der Waals surface area contributed by atoms with E-state index in [1.165, 1.54) is 6.08 Å². The number of carbonyl (C=O) groups is 1. The molecule has 0 bridgehead atoms. The molecule has 1 aliphatic heterocycles. The van der Waals surface area contributed by atoms with Gasteiger partial charge in [-0.15, -0.1) is 0 Å². The van der Waals surface area contributed by atoms with Gasteiger partial charge < -0.3 is 21.1 Å². The molecule has 10 heteroatoms. The first-order valence-corrected chi connectivity index (χ1v) is 14.4. The molecule has 0 aliphatic carbocycles. The molecule has 4 rings (SSSR count). The van der Waals surface area contributed by atoms with Crippen molar-refractivity contribution in [1.29, 1.82) is 0 Å². The number of carbonyl (C=O) groups excluding carboxylic acids is 1. The second kappa shape index (κ2) is 13.9. The molecule has 1 aliphatic rings. The first kappa shape index (κ1) is 28.3. The molecular formula is C29H35N5O4S. The Balaban J connectivity index is 1.24. The largest absolute Gasteiger partial charge is 0.397 e. The monoisotopic (exact) mass is 549 g/mol. The summed E-state index contributed by atoms with van der Waals surface area (Å²) in [6, 6.07) is 21.6. The highest BCUT2D eigenvalue weighted by molar-refractivity contribution is 7.89. The van der Waals surface area contributed by atoms with Crippen LogP contribution in [-0.4, -0.2) is 58.6 Å². The van der Waals surface area contributed by atoms with Gasteiger partial charge in [0.1, 0.15) is 0 Å². The summed E-state index contributed by atoms with van der Waals surface area (Å²) in [7, 11) is -3.59. The van der Waals surface area contributed by atoms with E-state index in [4.69, 9.17) is 10.5 Å². The molecule has 0 saturated carbocycles. The summed E-state index contributed by atoms with van der Waals surface area (Å²) >= 11 is 0. The molecule has 1 heterocycles. The molecule has 39 heavy (non-hydrogen) atoms. The number of nitrogens with zero attached hydrogens (tertiary/aromatic N) is 1. The van der Waals surface area contributed by atoms with Crippen LogP contribution in [0.2, 0.25) is 0 Å². The summed E-state index contributed by atoms with van der Waals surface area (Å²) in [5, 5.41) is 6.04. The van der Waals surface area contributed by atoms with E-state index in [0.717, 1.165) is 50.4 Å². The number of para-hydroxylation sites is 2. The van der Waals surface area contributed by atoms with Gasteiger partial charge in [-0.05, 0) is 60.5 Å². The van der Waals surface area contributed by atoms with Crippen LogP contribution in [0.1, 0.15) is 17.5 Å². The lowest BCUT2D eigenvalue weighted by Gasteiger charge is -2.26. The molecule has 1 saturated heterocycles. The van der Waals surface area contributed by atoms with Gasteiger partial charge in [-0.25, -0.2) is 13.1 Å². The first-order valence-electron chi connectivity index (χ1n) is 13.0. The second-order valence-corrected chi connectivity index (χ2v) is 11.0. The van der Waals surface area contributed by atoms with Gasteiger partial charge in [0.25, 0.3) is 0 Å². The number of hydrogen-bond donors (Lipinski definition) is 4. The normalized spacial score (nSPS) is 14.4. The van der Waals surface area contributed by atoms with E-state index in [9.17, 15) is 13.2 Å². The number of amides is 1. The predicted octanol–water partition coefficient (Wildman–Crippen LogP) is 3.53. The zero-order chi connectivity index (χ0) is 27.5. The van der Waals surface area contributed by atoms with Crippen LogP contribution in [-0.2, 0) is 26.1 Å². The number of benzene rings is 3. The average Bonchev–Trinajstić information content (AvgIpc) is 2.96. The van der Waals surface area contributed by atoms with Crippen LogP contribution in [0, 0.1) is 0 Å². The zero-order valence-electron chi connectivity index (χ0n) is 21.8. The Morgan fingerprint density at radius 1 is 1.00 bits per heavy atom. The van der Waals surface area contributed by atoms with Gasteiger partial charge in [0.15, 0.2) is 0 Å². The number of ether oxygens (including phenoxy) is 1. The SMILES string of the molecule is Nc1ccccc1NC(=O)/C=C/c1ccc(CNc2cccc(S(=O)(=O)NCCCN3CCOCC3)c2)cc1. The lowest BCUT2D eigenvalue weighted by molar-refractivity contribution is -0.111. The quantitative estimate of drug-likeness (QED) is 0.155. The van der Waals surface area contributed by atoms with Gasteiger partial charge in [0, 0.05) is 37.9 Å². The van der Waals surface area contributed by atoms with Crippen LogP contribution in [0.25, 0.3) is 6.08 Å². The third kappa shape index (κ3) is 8.93. The van der Waals surface area contributed by atoms with E-state index in [2.05, 4.69) is 20.3 Å². The Labute approximate surface area is 230 Å². The molecule has 0 unspecified atom stereocenters.